The van der Waals surface area contributed by atoms with Gasteiger partial charge in [0.05, 0.1) is 18.4 Å². The molecule has 0 aliphatic carbocycles. The van der Waals surface area contributed by atoms with E-state index in [2.05, 4.69) is 17.0 Å². The van der Waals surface area contributed by atoms with Crippen molar-refractivity contribution in [1.29, 1.82) is 0 Å². The van der Waals surface area contributed by atoms with Gasteiger partial charge in [0.25, 0.3) is 5.91 Å². The van der Waals surface area contributed by atoms with Gasteiger partial charge >= 0.3 is 5.97 Å². The first-order valence-electron chi connectivity index (χ1n) is 9.38. The van der Waals surface area contributed by atoms with Gasteiger partial charge in [-0.3, -0.25) is 9.69 Å². The van der Waals surface area contributed by atoms with Crippen LogP contribution < -0.4 is 4.90 Å². The predicted octanol–water partition coefficient (Wildman–Crippen LogP) is 3.40. The van der Waals surface area contributed by atoms with Crippen LogP contribution in [0, 0.1) is 5.92 Å². The number of nitrogens with zero attached hydrogens (tertiary/aromatic N) is 2. The molecule has 0 bridgehead atoms. The predicted molar refractivity (Wildman–Crippen MR) is 103 cm³/mol. The zero-order chi connectivity index (χ0) is 19.1. The van der Waals surface area contributed by atoms with Crippen LogP contribution in [0.3, 0.4) is 0 Å². The Bertz CT molecular complexity index is 893. The highest BCUT2D eigenvalue weighted by Gasteiger charge is 2.47. The van der Waals surface area contributed by atoms with Crippen molar-refractivity contribution in [2.45, 2.75) is 32.5 Å². The molecule has 5 nitrogen and oxygen atoms in total. The minimum atomic E-state index is -0.644. The van der Waals surface area contributed by atoms with Crippen LogP contribution in [0.25, 0.3) is 0 Å². The van der Waals surface area contributed by atoms with Gasteiger partial charge in [0.1, 0.15) is 12.2 Å². The molecule has 140 valence electrons. The second-order valence-electron chi connectivity index (χ2n) is 7.46. The van der Waals surface area contributed by atoms with Gasteiger partial charge in [0.15, 0.2) is 0 Å². The number of rotatable bonds is 3. The van der Waals surface area contributed by atoms with E-state index < -0.39 is 6.04 Å². The fraction of sp³-hybridized carbons (Fsp3) is 0.364. The Kier molecular flexibility index (Phi) is 4.38. The number of fused-ring (bicyclic) bond motifs is 5. The highest BCUT2D eigenvalue weighted by Crippen LogP contribution is 2.44. The molecular weight excluding hydrogens is 340 g/mol. The van der Waals surface area contributed by atoms with E-state index in [1.165, 1.54) is 12.7 Å². The summed E-state index contributed by atoms with van der Waals surface area (Å²) in [6.45, 7) is 4.71. The summed E-state index contributed by atoms with van der Waals surface area (Å²) in [7, 11) is 1.38. The maximum absolute atomic E-state index is 13.5. The average Bonchev–Trinajstić information content (AvgIpc) is 2.69. The van der Waals surface area contributed by atoms with Crippen molar-refractivity contribution < 1.29 is 14.3 Å². The van der Waals surface area contributed by atoms with Gasteiger partial charge < -0.3 is 9.64 Å². The summed E-state index contributed by atoms with van der Waals surface area (Å²) in [4.78, 5) is 30.2. The number of anilines is 1. The molecule has 27 heavy (non-hydrogen) atoms. The van der Waals surface area contributed by atoms with Crippen molar-refractivity contribution in [2.75, 3.05) is 18.6 Å². The topological polar surface area (TPSA) is 49.9 Å². The molecule has 2 aromatic carbocycles. The van der Waals surface area contributed by atoms with Crippen LogP contribution in [0.15, 0.2) is 48.5 Å². The number of carbonyl (C=O) groups is 2. The van der Waals surface area contributed by atoms with Crippen molar-refractivity contribution in [3.05, 3.63) is 65.2 Å². The van der Waals surface area contributed by atoms with E-state index in [1.807, 2.05) is 50.2 Å². The van der Waals surface area contributed by atoms with Crippen molar-refractivity contribution in [3.8, 4) is 0 Å². The molecule has 1 amide bonds. The standard InChI is InChI=1S/C22H24N2O3/c1-14(2)19(22(26)27-3)24-20-16-9-5-4-8-15(16)12-13-23(20)18-11-7-6-10-17(18)21(24)25/h4-11,14,19-20H,12-13H2,1-3H3/t19-,20?/m0/s1. The molecule has 0 radical (unpaired) electrons. The van der Waals surface area contributed by atoms with Crippen LogP contribution in [0.1, 0.15) is 41.5 Å². The monoisotopic (exact) mass is 364 g/mol. The van der Waals surface area contributed by atoms with Crippen LogP contribution >= 0.6 is 0 Å². The number of carbonyl (C=O) groups excluding carboxylic acids is 2. The Hall–Kier alpha value is -2.82. The van der Waals surface area contributed by atoms with Crippen molar-refractivity contribution in [2.24, 2.45) is 5.92 Å². The second kappa shape index (κ2) is 6.72. The van der Waals surface area contributed by atoms with E-state index in [0.717, 1.165) is 24.2 Å². The van der Waals surface area contributed by atoms with Crippen LogP contribution in [-0.2, 0) is 16.0 Å². The third kappa shape index (κ3) is 2.69. The van der Waals surface area contributed by atoms with E-state index in [0.29, 0.717) is 5.56 Å². The van der Waals surface area contributed by atoms with Crippen molar-refractivity contribution in [3.63, 3.8) is 0 Å². The quantitative estimate of drug-likeness (QED) is 0.784. The lowest BCUT2D eigenvalue weighted by atomic mass is 9.89. The fourth-order valence-corrected chi connectivity index (χ4v) is 4.36. The summed E-state index contributed by atoms with van der Waals surface area (Å²) in [5.41, 5.74) is 3.89. The number of hydrogen-bond acceptors (Lipinski definition) is 4. The molecule has 0 saturated carbocycles. The third-order valence-corrected chi connectivity index (χ3v) is 5.57. The average molecular weight is 364 g/mol. The Morgan fingerprint density at radius 3 is 2.56 bits per heavy atom. The van der Waals surface area contributed by atoms with Gasteiger partial charge in [-0.2, -0.15) is 0 Å². The minimum absolute atomic E-state index is 0.0670. The molecule has 2 aliphatic rings. The number of methoxy groups -OCH3 is 1. The number of benzene rings is 2. The molecule has 0 N–H and O–H groups in total. The fourth-order valence-electron chi connectivity index (χ4n) is 4.36. The van der Waals surface area contributed by atoms with Crippen LogP contribution in [0.5, 0.6) is 0 Å². The smallest absolute Gasteiger partial charge is 0.328 e. The lowest BCUT2D eigenvalue weighted by Gasteiger charge is -2.51. The van der Waals surface area contributed by atoms with E-state index in [4.69, 9.17) is 4.74 Å². The summed E-state index contributed by atoms with van der Waals surface area (Å²) >= 11 is 0. The molecule has 5 heteroatoms. The lowest BCUT2D eigenvalue weighted by Crippen LogP contribution is -2.59. The number of para-hydroxylation sites is 1. The third-order valence-electron chi connectivity index (χ3n) is 5.57. The molecule has 0 spiro atoms. The first-order valence-corrected chi connectivity index (χ1v) is 9.38. The molecule has 2 heterocycles. The van der Waals surface area contributed by atoms with Gasteiger partial charge in [-0.25, -0.2) is 4.79 Å². The minimum Gasteiger partial charge on any atom is -0.467 e. The van der Waals surface area contributed by atoms with Gasteiger partial charge in [-0.1, -0.05) is 50.2 Å². The molecular formula is C22H24N2O3. The molecule has 0 fully saturated rings. The SMILES string of the molecule is COC(=O)[C@H](C(C)C)N1C(=O)c2ccccc2N2CCc3ccccc3C21. The van der Waals surface area contributed by atoms with E-state index in [-0.39, 0.29) is 24.0 Å². The number of amides is 1. The lowest BCUT2D eigenvalue weighted by molar-refractivity contribution is -0.148. The Balaban J connectivity index is 1.94. The summed E-state index contributed by atoms with van der Waals surface area (Å²) in [5, 5.41) is 0. The molecule has 2 atom stereocenters. The van der Waals surface area contributed by atoms with E-state index in [1.54, 1.807) is 4.90 Å². The van der Waals surface area contributed by atoms with Crippen molar-refractivity contribution >= 4 is 17.6 Å². The maximum atomic E-state index is 13.5. The second-order valence-corrected chi connectivity index (χ2v) is 7.46. The van der Waals surface area contributed by atoms with Crippen molar-refractivity contribution in [1.82, 2.24) is 4.90 Å². The van der Waals surface area contributed by atoms with Crippen LogP contribution in [0.2, 0.25) is 0 Å². The van der Waals surface area contributed by atoms with Gasteiger partial charge in [0.2, 0.25) is 0 Å². The van der Waals surface area contributed by atoms with Crippen LogP contribution in [-0.4, -0.2) is 36.5 Å². The molecule has 0 saturated heterocycles. The zero-order valence-corrected chi connectivity index (χ0v) is 15.9. The largest absolute Gasteiger partial charge is 0.467 e. The van der Waals surface area contributed by atoms with E-state index >= 15 is 0 Å². The van der Waals surface area contributed by atoms with E-state index in [9.17, 15) is 9.59 Å². The first-order chi connectivity index (χ1) is 13.0. The first kappa shape index (κ1) is 17.6. The molecule has 2 aliphatic heterocycles. The normalized spacial score (nSPS) is 19.3. The zero-order valence-electron chi connectivity index (χ0n) is 15.9. The maximum Gasteiger partial charge on any atom is 0.328 e. The number of ether oxygens (including phenoxy) is 1. The van der Waals surface area contributed by atoms with Gasteiger partial charge in [-0.15, -0.1) is 0 Å². The van der Waals surface area contributed by atoms with Crippen LogP contribution in [0.4, 0.5) is 5.69 Å². The van der Waals surface area contributed by atoms with Gasteiger partial charge in [0, 0.05) is 6.54 Å². The summed E-state index contributed by atoms with van der Waals surface area (Å²) < 4.78 is 5.08. The summed E-state index contributed by atoms with van der Waals surface area (Å²) in [6, 6.07) is 15.2. The Morgan fingerprint density at radius 1 is 1.11 bits per heavy atom. The van der Waals surface area contributed by atoms with Gasteiger partial charge in [-0.05, 0) is 35.6 Å². The molecule has 0 aromatic heterocycles. The molecule has 4 rings (SSSR count). The number of hydrogen-bond donors (Lipinski definition) is 0. The Labute approximate surface area is 159 Å². The summed E-state index contributed by atoms with van der Waals surface area (Å²) in [6.07, 6.45) is 0.608. The molecule has 2 aromatic rings. The number of esters is 1. The summed E-state index contributed by atoms with van der Waals surface area (Å²) in [5.74, 6) is -0.559. The Morgan fingerprint density at radius 2 is 1.81 bits per heavy atom. The highest BCUT2D eigenvalue weighted by molar-refractivity contribution is 6.04. The highest BCUT2D eigenvalue weighted by atomic mass is 16.5. The molecule has 1 unspecified atom stereocenters.